The third-order valence-electron chi connectivity index (χ3n) is 4.46. The Balaban J connectivity index is 1.41. The maximum atomic E-state index is 12.2. The molecule has 0 radical (unpaired) electrons. The molecule has 2 atom stereocenters. The number of nitrogens with zero attached hydrogens (tertiary/aromatic N) is 1. The number of hydrogen-bond acceptors (Lipinski definition) is 5. The molecule has 3 aromatic rings. The van der Waals surface area contributed by atoms with E-state index in [2.05, 4.69) is 22.5 Å². The molecule has 2 amide bonds. The summed E-state index contributed by atoms with van der Waals surface area (Å²) in [6, 6.07) is 9.29. The van der Waals surface area contributed by atoms with Gasteiger partial charge in [0.25, 0.3) is 0 Å². The number of thiazole rings is 1. The lowest BCUT2D eigenvalue weighted by atomic mass is 10.3. The highest BCUT2D eigenvalue weighted by Crippen LogP contribution is 2.47. The van der Waals surface area contributed by atoms with Gasteiger partial charge in [-0.1, -0.05) is 18.3 Å². The molecule has 1 aromatic carbocycles. The quantitative estimate of drug-likeness (QED) is 0.632. The van der Waals surface area contributed by atoms with Gasteiger partial charge in [0.15, 0.2) is 5.13 Å². The number of anilines is 2. The van der Waals surface area contributed by atoms with Crippen LogP contribution < -0.4 is 10.6 Å². The molecule has 2 aromatic heterocycles. The van der Waals surface area contributed by atoms with Gasteiger partial charge >= 0.3 is 0 Å². The molecule has 1 saturated carbocycles. The summed E-state index contributed by atoms with van der Waals surface area (Å²) >= 11 is 1.35. The topological polar surface area (TPSA) is 84.2 Å². The first-order chi connectivity index (χ1) is 13.0. The van der Waals surface area contributed by atoms with Crippen molar-refractivity contribution in [1.29, 1.82) is 0 Å². The Hall–Kier alpha value is -2.93. The molecule has 0 bridgehead atoms. The Morgan fingerprint density at radius 1 is 1.26 bits per heavy atom. The van der Waals surface area contributed by atoms with E-state index in [0.29, 0.717) is 28.4 Å². The van der Waals surface area contributed by atoms with Gasteiger partial charge in [0.1, 0.15) is 11.5 Å². The molecule has 2 N–H and O–H groups in total. The van der Waals surface area contributed by atoms with Crippen molar-refractivity contribution in [1.82, 2.24) is 4.98 Å². The van der Waals surface area contributed by atoms with Gasteiger partial charge in [0, 0.05) is 24.6 Å². The minimum absolute atomic E-state index is 0.130. The number of benzene rings is 1. The van der Waals surface area contributed by atoms with Crippen LogP contribution in [-0.4, -0.2) is 16.8 Å². The van der Waals surface area contributed by atoms with Gasteiger partial charge < -0.3 is 9.73 Å². The molecule has 1 aliphatic carbocycles. The second-order valence-corrected chi connectivity index (χ2v) is 7.80. The van der Waals surface area contributed by atoms with Crippen LogP contribution in [0.15, 0.2) is 40.8 Å². The fourth-order valence-corrected chi connectivity index (χ4v) is 3.85. The smallest absolute Gasteiger partial charge is 0.250 e. The standard InChI is InChI=1S/C20H19N3O3S/c1-11-9-15(11)17-7-4-14(26-17)5-8-19(25)23-20-22-16-6-3-13(21-12(2)24)10-18(16)27-20/h3-8,10-11,15H,9H2,1-2H3,(H,21,24)(H,22,23,25)/b8-5+. The molecule has 1 fully saturated rings. The van der Waals surface area contributed by atoms with E-state index in [1.165, 1.54) is 30.8 Å². The monoisotopic (exact) mass is 381 g/mol. The predicted octanol–water partition coefficient (Wildman–Crippen LogP) is 4.62. The van der Waals surface area contributed by atoms with Crippen molar-refractivity contribution in [2.24, 2.45) is 5.92 Å². The molecule has 1 aliphatic rings. The van der Waals surface area contributed by atoms with Crippen LogP contribution in [-0.2, 0) is 9.59 Å². The number of hydrogen-bond donors (Lipinski definition) is 2. The van der Waals surface area contributed by atoms with Crippen molar-refractivity contribution < 1.29 is 14.0 Å². The third-order valence-corrected chi connectivity index (χ3v) is 5.39. The van der Waals surface area contributed by atoms with Gasteiger partial charge in [0.05, 0.1) is 10.2 Å². The van der Waals surface area contributed by atoms with Crippen LogP contribution in [0.1, 0.15) is 37.7 Å². The summed E-state index contributed by atoms with van der Waals surface area (Å²) < 4.78 is 6.64. The molecule has 0 spiro atoms. The fourth-order valence-electron chi connectivity index (χ4n) is 2.94. The highest BCUT2D eigenvalue weighted by molar-refractivity contribution is 7.22. The van der Waals surface area contributed by atoms with Crippen molar-refractivity contribution in [3.8, 4) is 0 Å². The first-order valence-corrected chi connectivity index (χ1v) is 9.56. The summed E-state index contributed by atoms with van der Waals surface area (Å²) in [5.41, 5.74) is 1.47. The fraction of sp³-hybridized carbons (Fsp3) is 0.250. The number of carbonyl (C=O) groups excluding carboxylic acids is 2. The van der Waals surface area contributed by atoms with Crippen LogP contribution in [0.5, 0.6) is 0 Å². The van der Waals surface area contributed by atoms with Crippen molar-refractivity contribution in [3.63, 3.8) is 0 Å². The van der Waals surface area contributed by atoms with E-state index in [9.17, 15) is 9.59 Å². The Morgan fingerprint density at radius 2 is 2.07 bits per heavy atom. The largest absolute Gasteiger partial charge is 0.461 e. The van der Waals surface area contributed by atoms with E-state index in [1.54, 1.807) is 12.1 Å². The molecule has 138 valence electrons. The molecule has 27 heavy (non-hydrogen) atoms. The van der Waals surface area contributed by atoms with Gasteiger partial charge in [-0.25, -0.2) is 4.98 Å². The lowest BCUT2D eigenvalue weighted by molar-refractivity contribution is -0.114. The van der Waals surface area contributed by atoms with Crippen LogP contribution in [0.4, 0.5) is 10.8 Å². The minimum Gasteiger partial charge on any atom is -0.461 e. The predicted molar refractivity (Wildman–Crippen MR) is 107 cm³/mol. The van der Waals surface area contributed by atoms with Crippen LogP contribution in [0.2, 0.25) is 0 Å². The van der Waals surface area contributed by atoms with E-state index < -0.39 is 0 Å². The summed E-state index contributed by atoms with van der Waals surface area (Å²) in [7, 11) is 0. The van der Waals surface area contributed by atoms with Gasteiger partial charge in [-0.15, -0.1) is 0 Å². The van der Waals surface area contributed by atoms with Gasteiger partial charge in [0.2, 0.25) is 11.8 Å². The Kier molecular flexibility index (Phi) is 4.53. The molecular weight excluding hydrogens is 362 g/mol. The Labute approximate surface area is 160 Å². The summed E-state index contributed by atoms with van der Waals surface area (Å²) in [5, 5.41) is 6.00. The van der Waals surface area contributed by atoms with Crippen molar-refractivity contribution in [2.75, 3.05) is 10.6 Å². The molecular formula is C20H19N3O3S. The van der Waals surface area contributed by atoms with Crippen molar-refractivity contribution in [3.05, 3.63) is 47.9 Å². The Bertz CT molecular complexity index is 1050. The number of aromatic nitrogens is 1. The first-order valence-electron chi connectivity index (χ1n) is 8.75. The first kappa shape index (κ1) is 17.5. The van der Waals surface area contributed by atoms with Gasteiger partial charge in [-0.3, -0.25) is 14.9 Å². The zero-order chi connectivity index (χ0) is 19.0. The van der Waals surface area contributed by atoms with Gasteiger partial charge in [-0.2, -0.15) is 0 Å². The maximum absolute atomic E-state index is 12.2. The molecule has 2 heterocycles. The second-order valence-electron chi connectivity index (χ2n) is 6.76. The second kappa shape index (κ2) is 7.00. The molecule has 6 nitrogen and oxygen atoms in total. The average Bonchev–Trinajstić information content (AvgIpc) is 3.02. The molecule has 0 aliphatic heterocycles. The molecule has 2 unspecified atom stereocenters. The summed E-state index contributed by atoms with van der Waals surface area (Å²) in [4.78, 5) is 27.7. The number of furan rings is 1. The number of rotatable bonds is 5. The average molecular weight is 381 g/mol. The minimum atomic E-state index is -0.270. The number of fused-ring (bicyclic) bond motifs is 1. The van der Waals surface area contributed by atoms with E-state index in [1.807, 2.05) is 24.3 Å². The normalized spacial score (nSPS) is 18.7. The SMILES string of the molecule is CC(=O)Nc1ccc2nc(NC(=O)/C=C/c3ccc(C4CC4C)o3)sc2c1. The van der Waals surface area contributed by atoms with Crippen LogP contribution in [0.3, 0.4) is 0 Å². The van der Waals surface area contributed by atoms with E-state index in [4.69, 9.17) is 4.42 Å². The zero-order valence-electron chi connectivity index (χ0n) is 15.0. The number of amides is 2. The summed E-state index contributed by atoms with van der Waals surface area (Å²) in [6.07, 6.45) is 4.26. The lowest BCUT2D eigenvalue weighted by Gasteiger charge is -1.99. The molecule has 7 heteroatoms. The van der Waals surface area contributed by atoms with Crippen LogP contribution >= 0.6 is 11.3 Å². The van der Waals surface area contributed by atoms with Crippen molar-refractivity contribution >= 4 is 50.3 Å². The molecule has 0 saturated heterocycles. The van der Waals surface area contributed by atoms with Crippen molar-refractivity contribution in [2.45, 2.75) is 26.2 Å². The highest BCUT2D eigenvalue weighted by atomic mass is 32.1. The zero-order valence-corrected chi connectivity index (χ0v) is 15.8. The van der Waals surface area contributed by atoms with Crippen LogP contribution in [0, 0.1) is 5.92 Å². The Morgan fingerprint density at radius 3 is 2.81 bits per heavy atom. The maximum Gasteiger partial charge on any atom is 0.250 e. The third kappa shape index (κ3) is 4.09. The summed E-state index contributed by atoms with van der Waals surface area (Å²) in [6.45, 7) is 3.66. The summed E-state index contributed by atoms with van der Waals surface area (Å²) in [5.74, 6) is 2.46. The van der Waals surface area contributed by atoms with E-state index in [-0.39, 0.29) is 11.8 Å². The van der Waals surface area contributed by atoms with E-state index in [0.717, 1.165) is 16.0 Å². The highest BCUT2D eigenvalue weighted by Gasteiger charge is 2.36. The van der Waals surface area contributed by atoms with Gasteiger partial charge in [-0.05, 0) is 48.7 Å². The lowest BCUT2D eigenvalue weighted by Crippen LogP contribution is -2.07. The van der Waals surface area contributed by atoms with E-state index >= 15 is 0 Å². The number of nitrogens with one attached hydrogen (secondary N) is 2. The number of carbonyl (C=O) groups is 2. The van der Waals surface area contributed by atoms with Crippen LogP contribution in [0.25, 0.3) is 16.3 Å². The molecule has 4 rings (SSSR count).